The highest BCUT2D eigenvalue weighted by Crippen LogP contribution is 2.41. The smallest absolute Gasteiger partial charge is 0.295 e. The van der Waals surface area contributed by atoms with Crippen molar-refractivity contribution >= 4 is 20.7 Å². The molecule has 0 aliphatic carbocycles. The second-order valence-electron chi connectivity index (χ2n) is 4.89. The molecule has 114 valence electrons. The molecule has 9 heteroatoms. The van der Waals surface area contributed by atoms with Crippen LogP contribution in [0.4, 0.5) is 22.0 Å². The minimum Gasteiger partial charge on any atom is -0.295 e. The van der Waals surface area contributed by atoms with Gasteiger partial charge in [-0.15, -0.1) is 0 Å². The lowest BCUT2D eigenvalue weighted by molar-refractivity contribution is -0.137. The van der Waals surface area contributed by atoms with Crippen LogP contribution in [0.1, 0.15) is 23.6 Å². The maximum absolute atomic E-state index is 13.9. The molecule has 0 bridgehead atoms. The van der Waals surface area contributed by atoms with Gasteiger partial charge in [0.25, 0.3) is 0 Å². The SMILES string of the molecule is Fc1cc(C2CC(F)C3N=C(Br)NN23)cc(C(F)(F)F)c1. The summed E-state index contributed by atoms with van der Waals surface area (Å²) in [4.78, 5) is 3.96. The molecular weight excluding hydrogens is 361 g/mol. The Bertz CT molecular complexity index is 603. The first-order valence-corrected chi connectivity index (χ1v) is 6.85. The number of rotatable bonds is 1. The summed E-state index contributed by atoms with van der Waals surface area (Å²) < 4.78 is 65.9. The van der Waals surface area contributed by atoms with Crippen molar-refractivity contribution < 1.29 is 22.0 Å². The fourth-order valence-electron chi connectivity index (χ4n) is 2.61. The lowest BCUT2D eigenvalue weighted by atomic mass is 10.0. The topological polar surface area (TPSA) is 27.6 Å². The minimum absolute atomic E-state index is 0.0534. The second kappa shape index (κ2) is 4.91. The molecule has 3 nitrogen and oxygen atoms in total. The van der Waals surface area contributed by atoms with Crippen molar-refractivity contribution in [3.63, 3.8) is 0 Å². The maximum Gasteiger partial charge on any atom is 0.416 e. The fourth-order valence-corrected chi connectivity index (χ4v) is 3.03. The predicted octanol–water partition coefficient (Wildman–Crippen LogP) is 3.52. The first-order valence-electron chi connectivity index (χ1n) is 6.06. The highest BCUT2D eigenvalue weighted by atomic mass is 79.9. The van der Waals surface area contributed by atoms with Gasteiger partial charge in [-0.25, -0.2) is 13.8 Å². The summed E-state index contributed by atoms with van der Waals surface area (Å²) in [6, 6.07) is 1.53. The van der Waals surface area contributed by atoms with Crippen LogP contribution in [0.15, 0.2) is 23.2 Å². The van der Waals surface area contributed by atoms with Gasteiger partial charge < -0.3 is 0 Å². The van der Waals surface area contributed by atoms with E-state index >= 15 is 0 Å². The lowest BCUT2D eigenvalue weighted by Crippen LogP contribution is -2.39. The Balaban J connectivity index is 1.96. The number of hydrogen-bond donors (Lipinski definition) is 1. The van der Waals surface area contributed by atoms with Crippen LogP contribution in [-0.2, 0) is 6.18 Å². The van der Waals surface area contributed by atoms with Crippen LogP contribution < -0.4 is 5.43 Å². The largest absolute Gasteiger partial charge is 0.416 e. The number of hydrazine groups is 1. The van der Waals surface area contributed by atoms with Gasteiger partial charge >= 0.3 is 6.18 Å². The number of amidine groups is 1. The third kappa shape index (κ3) is 2.64. The van der Waals surface area contributed by atoms with Gasteiger partial charge in [0.1, 0.15) is 12.0 Å². The third-order valence-electron chi connectivity index (χ3n) is 3.49. The van der Waals surface area contributed by atoms with Crippen LogP contribution in [-0.4, -0.2) is 22.1 Å². The van der Waals surface area contributed by atoms with E-state index in [-0.39, 0.29) is 12.0 Å². The Labute approximate surface area is 124 Å². The fraction of sp³-hybridized carbons (Fsp3) is 0.417. The summed E-state index contributed by atoms with van der Waals surface area (Å²) in [5, 5.41) is 1.39. The van der Waals surface area contributed by atoms with Crippen molar-refractivity contribution in [3.8, 4) is 0 Å². The Hall–Kier alpha value is -1.22. The molecule has 1 N–H and O–H groups in total. The first kappa shape index (κ1) is 14.7. The zero-order valence-electron chi connectivity index (χ0n) is 10.3. The molecular formula is C12H9BrF5N3. The molecule has 0 spiro atoms. The van der Waals surface area contributed by atoms with Crippen molar-refractivity contribution in [1.29, 1.82) is 0 Å². The van der Waals surface area contributed by atoms with Gasteiger partial charge in [-0.2, -0.15) is 18.2 Å². The van der Waals surface area contributed by atoms with Gasteiger partial charge in [0.05, 0.1) is 11.6 Å². The molecule has 1 aromatic rings. The van der Waals surface area contributed by atoms with E-state index in [9.17, 15) is 22.0 Å². The lowest BCUT2D eigenvalue weighted by Gasteiger charge is -2.23. The Kier molecular flexibility index (Phi) is 3.44. The van der Waals surface area contributed by atoms with E-state index in [1.807, 2.05) is 0 Å². The van der Waals surface area contributed by atoms with Gasteiger partial charge in [-0.1, -0.05) is 0 Å². The molecule has 21 heavy (non-hydrogen) atoms. The van der Waals surface area contributed by atoms with E-state index in [2.05, 4.69) is 26.3 Å². The number of nitrogens with one attached hydrogen (secondary N) is 1. The number of alkyl halides is 4. The normalized spacial score (nSPS) is 29.2. The zero-order chi connectivity index (χ0) is 15.4. The molecule has 2 aliphatic rings. The minimum atomic E-state index is -4.65. The number of fused-ring (bicyclic) bond motifs is 1. The number of benzene rings is 1. The molecule has 0 aromatic heterocycles. The Morgan fingerprint density at radius 2 is 2.00 bits per heavy atom. The summed E-state index contributed by atoms with van der Waals surface area (Å²) in [5.41, 5.74) is 1.71. The second-order valence-corrected chi connectivity index (χ2v) is 5.64. The summed E-state index contributed by atoms with van der Waals surface area (Å²) in [7, 11) is 0. The van der Waals surface area contributed by atoms with Crippen LogP contribution in [0.3, 0.4) is 0 Å². The van der Waals surface area contributed by atoms with E-state index < -0.39 is 35.9 Å². The first-order chi connectivity index (χ1) is 9.75. The van der Waals surface area contributed by atoms with Crippen LogP contribution in [0.25, 0.3) is 0 Å². The zero-order valence-corrected chi connectivity index (χ0v) is 11.9. The van der Waals surface area contributed by atoms with Crippen molar-refractivity contribution in [2.45, 2.75) is 31.0 Å². The van der Waals surface area contributed by atoms with E-state index in [1.54, 1.807) is 0 Å². The molecule has 0 amide bonds. The van der Waals surface area contributed by atoms with Gasteiger partial charge in [-0.05, 0) is 39.7 Å². The molecule has 0 saturated carbocycles. The Morgan fingerprint density at radius 3 is 2.67 bits per heavy atom. The molecule has 3 atom stereocenters. The molecule has 1 aromatic carbocycles. The van der Waals surface area contributed by atoms with Crippen molar-refractivity contribution in [2.24, 2.45) is 4.99 Å². The third-order valence-corrected chi connectivity index (χ3v) is 3.87. The van der Waals surface area contributed by atoms with Gasteiger partial charge in [0.2, 0.25) is 0 Å². The summed E-state index contributed by atoms with van der Waals surface area (Å²) in [6.45, 7) is 0. The van der Waals surface area contributed by atoms with E-state index in [4.69, 9.17) is 0 Å². The van der Waals surface area contributed by atoms with Crippen molar-refractivity contribution in [3.05, 3.63) is 35.1 Å². The van der Waals surface area contributed by atoms with Gasteiger partial charge in [0, 0.05) is 6.42 Å². The average Bonchev–Trinajstić information content (AvgIpc) is 2.87. The standard InChI is InChI=1S/C12H9BrF5N3/c13-11-19-10-8(15)4-9(21(10)20-11)5-1-6(12(16,17)18)3-7(14)2-5/h1-3,8-10H,4H2,(H,19,20). The van der Waals surface area contributed by atoms with Crippen molar-refractivity contribution in [1.82, 2.24) is 10.4 Å². The highest BCUT2D eigenvalue weighted by Gasteiger charge is 2.46. The van der Waals surface area contributed by atoms with E-state index in [1.165, 1.54) is 5.01 Å². The molecule has 3 rings (SSSR count). The van der Waals surface area contributed by atoms with Crippen LogP contribution >= 0.6 is 15.9 Å². The average molecular weight is 370 g/mol. The van der Waals surface area contributed by atoms with Gasteiger partial charge in [-0.3, -0.25) is 5.43 Å². The molecule has 1 fully saturated rings. The van der Waals surface area contributed by atoms with Crippen LogP contribution in [0.2, 0.25) is 0 Å². The summed E-state index contributed by atoms with van der Waals surface area (Å²) >= 11 is 3.06. The Morgan fingerprint density at radius 1 is 1.29 bits per heavy atom. The van der Waals surface area contributed by atoms with E-state index in [0.717, 1.165) is 12.1 Å². The number of aliphatic imine (C=N–C) groups is 1. The molecule has 3 unspecified atom stereocenters. The number of halogens is 6. The molecule has 2 aliphatic heterocycles. The van der Waals surface area contributed by atoms with Crippen LogP contribution in [0.5, 0.6) is 0 Å². The number of nitrogens with zero attached hydrogens (tertiary/aromatic N) is 2. The number of hydrogen-bond acceptors (Lipinski definition) is 3. The highest BCUT2D eigenvalue weighted by molar-refractivity contribution is 9.18. The monoisotopic (exact) mass is 369 g/mol. The summed E-state index contributed by atoms with van der Waals surface area (Å²) in [6.07, 6.45) is -6.86. The quantitative estimate of drug-likeness (QED) is 0.605. The maximum atomic E-state index is 13.9. The predicted molar refractivity (Wildman–Crippen MR) is 68.8 cm³/mol. The molecule has 1 saturated heterocycles. The van der Waals surface area contributed by atoms with Crippen LogP contribution in [0, 0.1) is 5.82 Å². The van der Waals surface area contributed by atoms with Crippen molar-refractivity contribution in [2.75, 3.05) is 0 Å². The molecule has 2 heterocycles. The summed E-state index contributed by atoms with van der Waals surface area (Å²) in [5.74, 6) is -1.00. The molecule has 0 radical (unpaired) electrons. The van der Waals surface area contributed by atoms with E-state index in [0.29, 0.717) is 10.8 Å². The van der Waals surface area contributed by atoms with Gasteiger partial charge in [0.15, 0.2) is 10.9 Å².